The molecule has 3 heteroatoms. The van der Waals surface area contributed by atoms with Gasteiger partial charge in [-0.15, -0.1) is 12.4 Å². The predicted octanol–water partition coefficient (Wildman–Crippen LogP) is 1.45. The first-order valence-electron chi connectivity index (χ1n) is 3.79. The highest BCUT2D eigenvalue weighted by Crippen LogP contribution is 2.22. The summed E-state index contributed by atoms with van der Waals surface area (Å²) in [5, 5.41) is 0. The van der Waals surface area contributed by atoms with Gasteiger partial charge in [-0.3, -0.25) is 11.3 Å². The average molecular weight is 165 g/mol. The minimum Gasteiger partial charge on any atom is -0.271 e. The molecule has 1 saturated carbocycles. The molecule has 1 aliphatic rings. The highest BCUT2D eigenvalue weighted by molar-refractivity contribution is 5.85. The third-order valence-corrected chi connectivity index (χ3v) is 2.25. The summed E-state index contributed by atoms with van der Waals surface area (Å²) in [7, 11) is 0. The average Bonchev–Trinajstić information content (AvgIpc) is 1.90. The molecule has 0 heterocycles. The fraction of sp³-hybridized carbons (Fsp3) is 1.00. The van der Waals surface area contributed by atoms with Crippen LogP contribution in [0.1, 0.15) is 32.6 Å². The molecule has 0 bridgehead atoms. The van der Waals surface area contributed by atoms with Crippen LogP contribution in [0.5, 0.6) is 0 Å². The van der Waals surface area contributed by atoms with Crippen LogP contribution in [-0.2, 0) is 0 Å². The van der Waals surface area contributed by atoms with Gasteiger partial charge in [0.25, 0.3) is 0 Å². The molecule has 1 fully saturated rings. The highest BCUT2D eigenvalue weighted by atomic mass is 35.5. The van der Waals surface area contributed by atoms with Crippen molar-refractivity contribution < 1.29 is 0 Å². The van der Waals surface area contributed by atoms with Gasteiger partial charge in [0.1, 0.15) is 0 Å². The van der Waals surface area contributed by atoms with Gasteiger partial charge in [-0.2, -0.15) is 0 Å². The zero-order valence-electron chi connectivity index (χ0n) is 6.47. The summed E-state index contributed by atoms with van der Waals surface area (Å²) in [6, 6.07) is 0.598. The lowest BCUT2D eigenvalue weighted by molar-refractivity contribution is 0.310. The van der Waals surface area contributed by atoms with E-state index >= 15 is 0 Å². The maximum atomic E-state index is 5.30. The second-order valence-corrected chi connectivity index (χ2v) is 3.12. The third-order valence-electron chi connectivity index (χ3n) is 2.25. The maximum Gasteiger partial charge on any atom is 0.0210 e. The summed E-state index contributed by atoms with van der Waals surface area (Å²) in [5.74, 6) is 6.22. The Kier molecular flexibility index (Phi) is 5.04. The Morgan fingerprint density at radius 3 is 2.10 bits per heavy atom. The molecule has 0 aliphatic heterocycles. The SMILES string of the molecule is CC1CCC(NN)CC1.Cl. The van der Waals surface area contributed by atoms with Crippen LogP contribution in [0.4, 0.5) is 0 Å². The van der Waals surface area contributed by atoms with Crippen molar-refractivity contribution in [2.75, 3.05) is 0 Å². The Balaban J connectivity index is 0.000000810. The van der Waals surface area contributed by atoms with Gasteiger partial charge < -0.3 is 0 Å². The highest BCUT2D eigenvalue weighted by Gasteiger charge is 2.15. The molecule has 0 unspecified atom stereocenters. The van der Waals surface area contributed by atoms with Crippen molar-refractivity contribution in [3.8, 4) is 0 Å². The molecular weight excluding hydrogens is 148 g/mol. The van der Waals surface area contributed by atoms with E-state index in [1.165, 1.54) is 25.7 Å². The van der Waals surface area contributed by atoms with Crippen molar-refractivity contribution >= 4 is 12.4 Å². The van der Waals surface area contributed by atoms with E-state index < -0.39 is 0 Å². The Hall–Kier alpha value is 0.210. The third kappa shape index (κ3) is 2.86. The van der Waals surface area contributed by atoms with Gasteiger partial charge in [0.05, 0.1) is 0 Å². The molecule has 0 saturated heterocycles. The molecule has 1 aliphatic carbocycles. The minimum atomic E-state index is 0. The largest absolute Gasteiger partial charge is 0.271 e. The fourth-order valence-electron chi connectivity index (χ4n) is 1.43. The quantitative estimate of drug-likeness (QED) is 0.455. The Bertz CT molecular complexity index is 79.7. The number of hydrogen-bond donors (Lipinski definition) is 2. The van der Waals surface area contributed by atoms with Crippen LogP contribution in [0, 0.1) is 5.92 Å². The Morgan fingerprint density at radius 2 is 1.70 bits per heavy atom. The van der Waals surface area contributed by atoms with Crippen molar-refractivity contribution in [2.24, 2.45) is 11.8 Å². The van der Waals surface area contributed by atoms with E-state index in [9.17, 15) is 0 Å². The number of nitrogens with one attached hydrogen (secondary N) is 1. The molecule has 3 N–H and O–H groups in total. The first-order chi connectivity index (χ1) is 4.33. The predicted molar refractivity (Wildman–Crippen MR) is 46.0 cm³/mol. The van der Waals surface area contributed by atoms with Crippen LogP contribution in [0.2, 0.25) is 0 Å². The molecule has 0 aromatic rings. The first-order valence-corrected chi connectivity index (χ1v) is 3.79. The van der Waals surface area contributed by atoms with Gasteiger partial charge in [-0.1, -0.05) is 6.92 Å². The monoisotopic (exact) mass is 164 g/mol. The van der Waals surface area contributed by atoms with E-state index in [2.05, 4.69) is 12.3 Å². The zero-order valence-corrected chi connectivity index (χ0v) is 7.29. The molecule has 0 radical (unpaired) electrons. The fourth-order valence-corrected chi connectivity index (χ4v) is 1.43. The summed E-state index contributed by atoms with van der Waals surface area (Å²) < 4.78 is 0. The zero-order chi connectivity index (χ0) is 6.69. The molecule has 10 heavy (non-hydrogen) atoms. The van der Waals surface area contributed by atoms with Crippen LogP contribution >= 0.6 is 12.4 Å². The molecule has 0 amide bonds. The lowest BCUT2D eigenvalue weighted by atomic mass is 9.88. The molecule has 62 valence electrons. The van der Waals surface area contributed by atoms with Gasteiger partial charge in [-0.25, -0.2) is 0 Å². The van der Waals surface area contributed by atoms with Crippen LogP contribution in [0.25, 0.3) is 0 Å². The number of nitrogens with two attached hydrogens (primary N) is 1. The van der Waals surface area contributed by atoms with Crippen molar-refractivity contribution in [3.63, 3.8) is 0 Å². The topological polar surface area (TPSA) is 38.0 Å². The number of rotatable bonds is 1. The second-order valence-electron chi connectivity index (χ2n) is 3.12. The minimum absolute atomic E-state index is 0. The van der Waals surface area contributed by atoms with Crippen molar-refractivity contribution in [2.45, 2.75) is 38.6 Å². The Morgan fingerprint density at radius 1 is 1.20 bits per heavy atom. The van der Waals surface area contributed by atoms with Crippen molar-refractivity contribution in [1.82, 2.24) is 5.43 Å². The molecule has 0 atom stereocenters. The molecule has 0 spiro atoms. The van der Waals surface area contributed by atoms with Crippen LogP contribution in [-0.4, -0.2) is 6.04 Å². The van der Waals surface area contributed by atoms with E-state index in [4.69, 9.17) is 5.84 Å². The van der Waals surface area contributed by atoms with E-state index in [0.29, 0.717) is 6.04 Å². The molecule has 0 aromatic carbocycles. The van der Waals surface area contributed by atoms with Gasteiger partial charge >= 0.3 is 0 Å². The number of hydrazine groups is 1. The van der Waals surface area contributed by atoms with Crippen LogP contribution < -0.4 is 11.3 Å². The molecule has 1 rings (SSSR count). The van der Waals surface area contributed by atoms with Crippen LogP contribution in [0.15, 0.2) is 0 Å². The summed E-state index contributed by atoms with van der Waals surface area (Å²) >= 11 is 0. The maximum absolute atomic E-state index is 5.30. The summed E-state index contributed by atoms with van der Waals surface area (Å²) in [4.78, 5) is 0. The molecule has 2 nitrogen and oxygen atoms in total. The van der Waals surface area contributed by atoms with Crippen LogP contribution in [0.3, 0.4) is 0 Å². The summed E-state index contributed by atoms with van der Waals surface area (Å²) in [6.45, 7) is 2.31. The first kappa shape index (κ1) is 10.2. The van der Waals surface area contributed by atoms with Crippen molar-refractivity contribution in [1.29, 1.82) is 0 Å². The van der Waals surface area contributed by atoms with Gasteiger partial charge in [0.15, 0.2) is 0 Å². The van der Waals surface area contributed by atoms with E-state index in [0.717, 1.165) is 5.92 Å². The molecule has 0 aromatic heterocycles. The number of hydrogen-bond acceptors (Lipinski definition) is 2. The van der Waals surface area contributed by atoms with Crippen molar-refractivity contribution in [3.05, 3.63) is 0 Å². The van der Waals surface area contributed by atoms with Gasteiger partial charge in [0, 0.05) is 6.04 Å². The van der Waals surface area contributed by atoms with E-state index in [-0.39, 0.29) is 12.4 Å². The Labute approximate surface area is 68.9 Å². The normalized spacial score (nSPS) is 33.0. The summed E-state index contributed by atoms with van der Waals surface area (Å²) in [6.07, 6.45) is 5.21. The smallest absolute Gasteiger partial charge is 0.0210 e. The second kappa shape index (κ2) is 4.94. The van der Waals surface area contributed by atoms with E-state index in [1.807, 2.05) is 0 Å². The standard InChI is InChI=1S/C7H16N2.ClH/c1-6-2-4-7(9-8)5-3-6;/h6-7,9H,2-5,8H2,1H3;1H. The van der Waals surface area contributed by atoms with Gasteiger partial charge in [-0.05, 0) is 31.6 Å². The lowest BCUT2D eigenvalue weighted by Crippen LogP contribution is -2.37. The van der Waals surface area contributed by atoms with Gasteiger partial charge in [0.2, 0.25) is 0 Å². The number of halogens is 1. The molecular formula is C7H17ClN2. The summed E-state index contributed by atoms with van der Waals surface area (Å²) in [5.41, 5.74) is 2.82. The van der Waals surface area contributed by atoms with E-state index in [1.54, 1.807) is 0 Å². The lowest BCUT2D eigenvalue weighted by Gasteiger charge is -2.24.